The van der Waals surface area contributed by atoms with Crippen LogP contribution >= 0.6 is 11.8 Å². The number of thioether (sulfide) groups is 1. The summed E-state index contributed by atoms with van der Waals surface area (Å²) < 4.78 is 1.83. The number of aliphatic carboxylic acids is 1. The Hall–Kier alpha value is -1.43. The second-order valence-electron chi connectivity index (χ2n) is 5.55. The number of carboxylic acids is 1. The summed E-state index contributed by atoms with van der Waals surface area (Å²) in [5.74, 6) is -0.101. The maximum Gasteiger partial charge on any atom is 0.327 e. The van der Waals surface area contributed by atoms with Crippen molar-refractivity contribution >= 4 is 23.6 Å². The van der Waals surface area contributed by atoms with Crippen LogP contribution in [0, 0.1) is 12.8 Å². The lowest BCUT2D eigenvalue weighted by atomic mass is 10.2. The lowest BCUT2D eigenvalue weighted by Crippen LogP contribution is -2.46. The van der Waals surface area contributed by atoms with Crippen molar-refractivity contribution in [3.8, 4) is 0 Å². The van der Waals surface area contributed by atoms with Crippen LogP contribution in [0.25, 0.3) is 0 Å². The van der Waals surface area contributed by atoms with Crippen LogP contribution in [0.2, 0.25) is 0 Å². The second-order valence-corrected chi connectivity index (χ2v) is 6.70. The number of amides is 1. The molecule has 1 aromatic heterocycles. The molecule has 1 saturated carbocycles. The van der Waals surface area contributed by atoms with Crippen molar-refractivity contribution in [2.75, 3.05) is 5.75 Å². The molecule has 1 aromatic rings. The van der Waals surface area contributed by atoms with E-state index in [1.54, 1.807) is 22.7 Å². The summed E-state index contributed by atoms with van der Waals surface area (Å²) >= 11 is 1.61. The van der Waals surface area contributed by atoms with Gasteiger partial charge in [0.25, 0.3) is 5.91 Å². The zero-order valence-electron chi connectivity index (χ0n) is 11.6. The summed E-state index contributed by atoms with van der Waals surface area (Å²) in [7, 11) is 1.84. The highest BCUT2D eigenvalue weighted by Gasteiger charge is 2.48. The van der Waals surface area contributed by atoms with Gasteiger partial charge in [-0.3, -0.25) is 4.79 Å². The highest BCUT2D eigenvalue weighted by Crippen LogP contribution is 2.45. The molecule has 1 aliphatic heterocycles. The Balaban J connectivity index is 1.93. The number of aryl methyl sites for hydroxylation is 1. The van der Waals surface area contributed by atoms with E-state index in [0.29, 0.717) is 17.4 Å². The summed E-state index contributed by atoms with van der Waals surface area (Å²) in [6.45, 7) is 1.93. The number of carbonyl (C=O) groups excluding carboxylic acids is 1. The summed E-state index contributed by atoms with van der Waals surface area (Å²) in [4.78, 5) is 25.8. The molecule has 1 amide bonds. The number of aromatic nitrogens is 1. The van der Waals surface area contributed by atoms with Crippen LogP contribution in [-0.2, 0) is 11.8 Å². The van der Waals surface area contributed by atoms with Gasteiger partial charge in [0, 0.05) is 18.5 Å². The smallest absolute Gasteiger partial charge is 0.327 e. The number of carbonyl (C=O) groups is 2. The zero-order valence-corrected chi connectivity index (χ0v) is 12.4. The standard InChI is InChI=1S/C14H18N2O3S/c1-8-3-6-10(15(8)2)12(17)16-11(14(18)19)7-20-13(16)9-4-5-9/h3,6,9,11,13H,4-5,7H2,1-2H3,(H,18,19). The van der Waals surface area contributed by atoms with Crippen molar-refractivity contribution in [1.82, 2.24) is 9.47 Å². The Labute approximate surface area is 121 Å². The molecular formula is C14H18N2O3S. The van der Waals surface area contributed by atoms with E-state index < -0.39 is 12.0 Å². The van der Waals surface area contributed by atoms with Gasteiger partial charge >= 0.3 is 5.97 Å². The number of hydrogen-bond acceptors (Lipinski definition) is 3. The van der Waals surface area contributed by atoms with Gasteiger partial charge in [-0.05, 0) is 37.8 Å². The van der Waals surface area contributed by atoms with Crippen molar-refractivity contribution < 1.29 is 14.7 Å². The van der Waals surface area contributed by atoms with Crippen LogP contribution in [0.5, 0.6) is 0 Å². The minimum absolute atomic E-state index is 0.0267. The first-order valence-electron chi connectivity index (χ1n) is 6.80. The topological polar surface area (TPSA) is 62.5 Å². The fourth-order valence-corrected chi connectivity index (χ4v) is 4.31. The minimum atomic E-state index is -0.903. The quantitative estimate of drug-likeness (QED) is 0.922. The molecule has 1 N–H and O–H groups in total. The van der Waals surface area contributed by atoms with Gasteiger partial charge < -0.3 is 14.6 Å². The van der Waals surface area contributed by atoms with Gasteiger partial charge in [0.2, 0.25) is 0 Å². The van der Waals surface area contributed by atoms with Crippen molar-refractivity contribution in [3.05, 3.63) is 23.5 Å². The van der Waals surface area contributed by atoms with E-state index in [9.17, 15) is 14.7 Å². The first kappa shape index (κ1) is 13.5. The third kappa shape index (κ3) is 2.12. The second kappa shape index (κ2) is 4.84. The molecular weight excluding hydrogens is 276 g/mol. The molecule has 0 aromatic carbocycles. The van der Waals surface area contributed by atoms with Crippen molar-refractivity contribution in [2.24, 2.45) is 13.0 Å². The normalized spacial score (nSPS) is 26.0. The SMILES string of the molecule is Cc1ccc(C(=O)N2C(C(=O)O)CSC2C2CC2)n1C. The number of nitrogens with zero attached hydrogens (tertiary/aromatic N) is 2. The van der Waals surface area contributed by atoms with E-state index >= 15 is 0 Å². The van der Waals surface area contributed by atoms with Crippen LogP contribution in [-0.4, -0.2) is 43.6 Å². The summed E-state index contributed by atoms with van der Waals surface area (Å²) in [6.07, 6.45) is 2.19. The molecule has 2 unspecified atom stereocenters. The average molecular weight is 294 g/mol. The van der Waals surface area contributed by atoms with Crippen LogP contribution in [0.15, 0.2) is 12.1 Å². The molecule has 2 heterocycles. The molecule has 0 spiro atoms. The van der Waals surface area contributed by atoms with Gasteiger partial charge in [-0.15, -0.1) is 11.8 Å². The molecule has 3 rings (SSSR count). The van der Waals surface area contributed by atoms with Crippen molar-refractivity contribution in [2.45, 2.75) is 31.2 Å². The lowest BCUT2D eigenvalue weighted by Gasteiger charge is -2.27. The summed E-state index contributed by atoms with van der Waals surface area (Å²) in [6, 6.07) is 2.97. The highest BCUT2D eigenvalue weighted by molar-refractivity contribution is 8.00. The molecule has 6 heteroatoms. The summed E-state index contributed by atoms with van der Waals surface area (Å²) in [5, 5.41) is 9.39. The van der Waals surface area contributed by atoms with Gasteiger partial charge in [-0.1, -0.05) is 0 Å². The average Bonchev–Trinajstić information content (AvgIpc) is 3.07. The van der Waals surface area contributed by atoms with Crippen LogP contribution < -0.4 is 0 Å². The van der Waals surface area contributed by atoms with E-state index in [4.69, 9.17) is 0 Å². The van der Waals surface area contributed by atoms with Crippen molar-refractivity contribution in [1.29, 1.82) is 0 Å². The zero-order chi connectivity index (χ0) is 14.4. The predicted octanol–water partition coefficient (Wildman–Crippen LogP) is 1.71. The van der Waals surface area contributed by atoms with Gasteiger partial charge in [0.1, 0.15) is 11.7 Å². The molecule has 1 aliphatic carbocycles. The first-order chi connectivity index (χ1) is 9.50. The Morgan fingerprint density at radius 1 is 1.35 bits per heavy atom. The van der Waals surface area contributed by atoms with E-state index in [1.165, 1.54) is 0 Å². The molecule has 20 heavy (non-hydrogen) atoms. The molecule has 108 valence electrons. The van der Waals surface area contributed by atoms with Crippen molar-refractivity contribution in [3.63, 3.8) is 0 Å². The Morgan fingerprint density at radius 3 is 2.55 bits per heavy atom. The molecule has 2 fully saturated rings. The molecule has 1 saturated heterocycles. The van der Waals surface area contributed by atoms with E-state index in [1.807, 2.05) is 24.6 Å². The lowest BCUT2D eigenvalue weighted by molar-refractivity contribution is -0.141. The fourth-order valence-electron chi connectivity index (χ4n) is 2.68. The predicted molar refractivity (Wildman–Crippen MR) is 76.7 cm³/mol. The third-order valence-electron chi connectivity index (χ3n) is 4.17. The molecule has 2 aliphatic rings. The summed E-state index contributed by atoms with van der Waals surface area (Å²) in [5.41, 5.74) is 1.57. The molecule has 0 bridgehead atoms. The molecule has 5 nitrogen and oxygen atoms in total. The van der Waals surface area contributed by atoms with E-state index in [2.05, 4.69) is 0 Å². The van der Waals surface area contributed by atoms with Gasteiger partial charge in [-0.2, -0.15) is 0 Å². The van der Waals surface area contributed by atoms with Crippen LogP contribution in [0.4, 0.5) is 0 Å². The van der Waals surface area contributed by atoms with Gasteiger partial charge in [0.15, 0.2) is 0 Å². The monoisotopic (exact) mass is 294 g/mol. The minimum Gasteiger partial charge on any atom is -0.480 e. The largest absolute Gasteiger partial charge is 0.480 e. The highest BCUT2D eigenvalue weighted by atomic mass is 32.2. The number of carboxylic acid groups (broad SMARTS) is 1. The van der Waals surface area contributed by atoms with Crippen LogP contribution in [0.3, 0.4) is 0 Å². The van der Waals surface area contributed by atoms with Crippen LogP contribution in [0.1, 0.15) is 29.0 Å². The maximum atomic E-state index is 12.8. The maximum absolute atomic E-state index is 12.8. The Bertz CT molecular complexity index is 565. The molecule has 0 radical (unpaired) electrons. The van der Waals surface area contributed by atoms with E-state index in [0.717, 1.165) is 18.5 Å². The molecule has 2 atom stereocenters. The fraction of sp³-hybridized carbons (Fsp3) is 0.571. The number of rotatable bonds is 3. The third-order valence-corrected chi connectivity index (χ3v) is 5.63. The Morgan fingerprint density at radius 2 is 2.05 bits per heavy atom. The van der Waals surface area contributed by atoms with E-state index in [-0.39, 0.29) is 11.3 Å². The first-order valence-corrected chi connectivity index (χ1v) is 7.85. The Kier molecular flexibility index (Phi) is 3.28. The number of hydrogen-bond donors (Lipinski definition) is 1. The van der Waals surface area contributed by atoms with Gasteiger partial charge in [-0.25, -0.2) is 4.79 Å². The van der Waals surface area contributed by atoms with Gasteiger partial charge in [0.05, 0.1) is 5.37 Å².